The van der Waals surface area contributed by atoms with Gasteiger partial charge in [0.05, 0.1) is 39.0 Å². The fourth-order valence-electron chi connectivity index (χ4n) is 4.76. The van der Waals surface area contributed by atoms with E-state index in [1.165, 1.54) is 7.11 Å². The molecule has 2 aliphatic rings. The summed E-state index contributed by atoms with van der Waals surface area (Å²) in [7, 11) is 3.09. The monoisotopic (exact) mass is 492 g/mol. The first-order valence-corrected chi connectivity index (χ1v) is 11.8. The number of nitrogens with zero attached hydrogens (tertiary/aromatic N) is 2. The Bertz CT molecular complexity index is 1310. The number of morpholine rings is 1. The summed E-state index contributed by atoms with van der Waals surface area (Å²) in [4.78, 5) is 30.7. The number of carbonyl (C=O) groups is 2. The van der Waals surface area contributed by atoms with Gasteiger partial charge in [0.15, 0.2) is 22.9 Å². The molecule has 3 aromatic rings. The number of aliphatic hydroxyl groups is 1. The number of para-hydroxylation sites is 1. The molecule has 188 valence electrons. The number of hydrogen-bond acceptors (Lipinski definition) is 8. The lowest BCUT2D eigenvalue weighted by molar-refractivity contribution is -0.129. The summed E-state index contributed by atoms with van der Waals surface area (Å²) in [6, 6.07) is 13.3. The third kappa shape index (κ3) is 4.31. The van der Waals surface area contributed by atoms with Crippen LogP contribution in [0.1, 0.15) is 22.2 Å². The summed E-state index contributed by atoms with van der Waals surface area (Å²) in [5.74, 6) is -0.526. The van der Waals surface area contributed by atoms with Crippen LogP contribution in [0, 0.1) is 0 Å². The van der Waals surface area contributed by atoms with Gasteiger partial charge in [0, 0.05) is 31.6 Å². The minimum atomic E-state index is -0.771. The van der Waals surface area contributed by atoms with Crippen LogP contribution in [0.5, 0.6) is 11.5 Å². The quantitative estimate of drug-likeness (QED) is 0.478. The van der Waals surface area contributed by atoms with Gasteiger partial charge in [0.2, 0.25) is 5.78 Å². The number of methoxy groups -OCH3 is 2. The number of ketones is 1. The van der Waals surface area contributed by atoms with Crippen molar-refractivity contribution in [2.45, 2.75) is 6.04 Å². The molecular weight excluding hydrogens is 464 g/mol. The van der Waals surface area contributed by atoms with E-state index in [0.717, 1.165) is 13.1 Å². The molecule has 3 heterocycles. The molecule has 1 atom stereocenters. The van der Waals surface area contributed by atoms with Gasteiger partial charge in [0.1, 0.15) is 5.75 Å². The summed E-state index contributed by atoms with van der Waals surface area (Å²) in [6.07, 6.45) is 0. The van der Waals surface area contributed by atoms with E-state index >= 15 is 0 Å². The van der Waals surface area contributed by atoms with Crippen LogP contribution in [0.4, 0.5) is 0 Å². The van der Waals surface area contributed by atoms with Crippen molar-refractivity contribution in [2.24, 2.45) is 0 Å². The Labute approximate surface area is 208 Å². The fraction of sp³-hybridized carbons (Fsp3) is 0.333. The van der Waals surface area contributed by atoms with Crippen molar-refractivity contribution in [3.63, 3.8) is 0 Å². The van der Waals surface area contributed by atoms with Crippen LogP contribution in [0.3, 0.4) is 0 Å². The van der Waals surface area contributed by atoms with Crippen molar-refractivity contribution in [1.82, 2.24) is 9.80 Å². The second-order valence-electron chi connectivity index (χ2n) is 8.71. The van der Waals surface area contributed by atoms with E-state index in [1.807, 2.05) is 6.07 Å². The summed E-state index contributed by atoms with van der Waals surface area (Å²) in [5.41, 5.74) is 1.11. The molecule has 0 aliphatic carbocycles. The molecule has 36 heavy (non-hydrogen) atoms. The number of ether oxygens (including phenoxy) is 3. The molecule has 2 aromatic carbocycles. The fourth-order valence-corrected chi connectivity index (χ4v) is 4.76. The van der Waals surface area contributed by atoms with Crippen molar-refractivity contribution >= 4 is 22.7 Å². The molecule has 1 N–H and O–H groups in total. The SMILES string of the molecule is COc1ccc([C@@H]2C(C(=O)c3cc4cccc(OC)c4o3)=C(O)C(=O)N2CCN2CCOCC2)cc1. The van der Waals surface area contributed by atoms with Gasteiger partial charge in [-0.2, -0.15) is 0 Å². The molecule has 9 heteroatoms. The summed E-state index contributed by atoms with van der Waals surface area (Å²) in [6.45, 7) is 3.74. The highest BCUT2D eigenvalue weighted by Gasteiger charge is 2.44. The van der Waals surface area contributed by atoms with E-state index in [1.54, 1.807) is 54.5 Å². The Morgan fingerprint density at radius 1 is 1.06 bits per heavy atom. The molecule has 2 aliphatic heterocycles. The average Bonchev–Trinajstić information content (AvgIpc) is 3.47. The maximum absolute atomic E-state index is 13.7. The van der Waals surface area contributed by atoms with Gasteiger partial charge in [0.25, 0.3) is 5.91 Å². The normalized spacial score (nSPS) is 18.8. The van der Waals surface area contributed by atoms with Crippen LogP contribution in [0.15, 0.2) is 64.3 Å². The third-order valence-electron chi connectivity index (χ3n) is 6.69. The molecule has 0 unspecified atom stereocenters. The Hall–Kier alpha value is -3.82. The molecule has 0 bridgehead atoms. The smallest absolute Gasteiger partial charge is 0.290 e. The number of carbonyl (C=O) groups excluding carboxylic acids is 2. The summed E-state index contributed by atoms with van der Waals surface area (Å²) in [5, 5.41) is 11.6. The molecule has 1 aromatic heterocycles. The number of hydrogen-bond donors (Lipinski definition) is 1. The van der Waals surface area contributed by atoms with E-state index in [4.69, 9.17) is 18.6 Å². The topological polar surface area (TPSA) is 102 Å². The molecule has 1 saturated heterocycles. The largest absolute Gasteiger partial charge is 0.503 e. The maximum atomic E-state index is 13.7. The molecule has 0 radical (unpaired) electrons. The van der Waals surface area contributed by atoms with Crippen molar-refractivity contribution in [3.05, 3.63) is 71.2 Å². The van der Waals surface area contributed by atoms with E-state index in [9.17, 15) is 14.7 Å². The van der Waals surface area contributed by atoms with Crippen molar-refractivity contribution < 1.29 is 33.3 Å². The lowest BCUT2D eigenvalue weighted by Crippen LogP contribution is -2.43. The molecular formula is C27H28N2O7. The van der Waals surface area contributed by atoms with Crippen LogP contribution in [-0.4, -0.2) is 80.2 Å². The van der Waals surface area contributed by atoms with E-state index in [-0.39, 0.29) is 11.3 Å². The molecule has 1 amide bonds. The highest BCUT2D eigenvalue weighted by atomic mass is 16.5. The van der Waals surface area contributed by atoms with Crippen LogP contribution in [0.25, 0.3) is 11.0 Å². The lowest BCUT2D eigenvalue weighted by atomic mass is 9.95. The molecule has 0 saturated carbocycles. The Balaban J connectivity index is 1.51. The molecule has 5 rings (SSSR count). The van der Waals surface area contributed by atoms with Crippen LogP contribution in [0.2, 0.25) is 0 Å². The molecule has 9 nitrogen and oxygen atoms in total. The second kappa shape index (κ2) is 10.0. The number of Topliss-reactive ketones (excluding diaryl/α,β-unsaturated/α-hetero) is 1. The van der Waals surface area contributed by atoms with E-state index in [0.29, 0.717) is 54.3 Å². The Kier molecular flexibility index (Phi) is 6.67. The number of fused-ring (bicyclic) bond motifs is 1. The predicted molar refractivity (Wildman–Crippen MR) is 131 cm³/mol. The minimum Gasteiger partial charge on any atom is -0.503 e. The summed E-state index contributed by atoms with van der Waals surface area (Å²) >= 11 is 0. The number of rotatable bonds is 8. The van der Waals surface area contributed by atoms with Crippen molar-refractivity contribution in [3.8, 4) is 11.5 Å². The number of benzene rings is 2. The predicted octanol–water partition coefficient (Wildman–Crippen LogP) is 3.36. The zero-order valence-corrected chi connectivity index (χ0v) is 20.2. The highest BCUT2D eigenvalue weighted by Crippen LogP contribution is 2.40. The van der Waals surface area contributed by atoms with Gasteiger partial charge >= 0.3 is 0 Å². The highest BCUT2D eigenvalue weighted by molar-refractivity contribution is 6.16. The molecule has 1 fully saturated rings. The average molecular weight is 493 g/mol. The Morgan fingerprint density at radius 2 is 1.81 bits per heavy atom. The first kappa shape index (κ1) is 23.9. The van der Waals surface area contributed by atoms with E-state index in [2.05, 4.69) is 4.90 Å². The lowest BCUT2D eigenvalue weighted by Gasteiger charge is -2.31. The number of amides is 1. The number of aliphatic hydroxyl groups excluding tert-OH is 1. The zero-order chi connectivity index (χ0) is 25.2. The van der Waals surface area contributed by atoms with Crippen molar-refractivity contribution in [1.29, 1.82) is 0 Å². The van der Waals surface area contributed by atoms with Crippen molar-refractivity contribution in [2.75, 3.05) is 53.6 Å². The standard InChI is InChI=1S/C27H28N2O7/c1-33-19-8-6-17(7-9-19)23-22(24(30)21-16-18-4-3-5-20(34-2)26(18)36-21)25(31)27(32)29(23)11-10-28-12-14-35-15-13-28/h3-9,16,23,31H,10-15H2,1-2H3/t23-/m1/s1. The van der Waals surface area contributed by atoms with Gasteiger partial charge in [-0.25, -0.2) is 0 Å². The van der Waals surface area contributed by atoms with Crippen LogP contribution in [-0.2, 0) is 9.53 Å². The first-order chi connectivity index (χ1) is 17.5. The van der Waals surface area contributed by atoms with E-state index < -0.39 is 23.5 Å². The van der Waals surface area contributed by atoms with Gasteiger partial charge in [-0.15, -0.1) is 0 Å². The number of furan rings is 1. The van der Waals surface area contributed by atoms with Gasteiger partial charge in [-0.1, -0.05) is 24.3 Å². The van der Waals surface area contributed by atoms with Gasteiger partial charge < -0.3 is 28.6 Å². The van der Waals surface area contributed by atoms with Gasteiger partial charge in [-0.3, -0.25) is 14.5 Å². The zero-order valence-electron chi connectivity index (χ0n) is 20.2. The minimum absolute atomic E-state index is 0.00910. The Morgan fingerprint density at radius 3 is 2.50 bits per heavy atom. The van der Waals surface area contributed by atoms with Crippen LogP contribution >= 0.6 is 0 Å². The summed E-state index contributed by atoms with van der Waals surface area (Å²) < 4.78 is 21.9. The van der Waals surface area contributed by atoms with Crippen LogP contribution < -0.4 is 9.47 Å². The second-order valence-corrected chi connectivity index (χ2v) is 8.71. The molecule has 0 spiro atoms. The third-order valence-corrected chi connectivity index (χ3v) is 6.69. The van der Waals surface area contributed by atoms with Gasteiger partial charge in [-0.05, 0) is 29.8 Å². The first-order valence-electron chi connectivity index (χ1n) is 11.8. The maximum Gasteiger partial charge on any atom is 0.290 e.